The van der Waals surface area contributed by atoms with E-state index in [4.69, 9.17) is 0 Å². The van der Waals surface area contributed by atoms with Gasteiger partial charge in [0, 0.05) is 12.2 Å². The predicted molar refractivity (Wildman–Crippen MR) is 54.3 cm³/mol. The van der Waals surface area contributed by atoms with Gasteiger partial charge in [0.25, 0.3) is 5.56 Å². The van der Waals surface area contributed by atoms with Crippen LogP contribution in [0.4, 0.5) is 0 Å². The van der Waals surface area contributed by atoms with Gasteiger partial charge in [0.05, 0.1) is 5.39 Å². The molecule has 0 atom stereocenters. The average Bonchev–Trinajstić information content (AvgIpc) is 2.42. The lowest BCUT2D eigenvalue weighted by Gasteiger charge is -1.87. The summed E-state index contributed by atoms with van der Waals surface area (Å²) in [4.78, 5) is 16.7. The Balaban J connectivity index is 2.84. The molecule has 2 aromatic rings. The summed E-state index contributed by atoms with van der Waals surface area (Å²) in [6.45, 7) is 4.61. The highest BCUT2D eigenvalue weighted by atomic mass is 32.1. The van der Waals surface area contributed by atoms with Crippen LogP contribution in [0.15, 0.2) is 16.9 Å². The summed E-state index contributed by atoms with van der Waals surface area (Å²) < 4.78 is 1.72. The summed E-state index contributed by atoms with van der Waals surface area (Å²) in [7, 11) is 0. The molecule has 0 saturated carbocycles. The molecule has 0 bridgehead atoms. The summed E-state index contributed by atoms with van der Waals surface area (Å²) in [5.74, 6) is 0. The number of aryl methyl sites for hydroxylation is 2. The first-order valence-electron chi connectivity index (χ1n) is 4.20. The Morgan fingerprint density at radius 2 is 2.31 bits per heavy atom. The number of hydrogen-bond acceptors (Lipinski definition) is 3. The molecule has 0 aliphatic heterocycles. The molecular formula is C9H10N2OS. The van der Waals surface area contributed by atoms with Crippen molar-refractivity contribution >= 4 is 21.7 Å². The molecule has 68 valence electrons. The Bertz CT molecular complexity index is 498. The average molecular weight is 194 g/mol. The Labute approximate surface area is 79.8 Å². The van der Waals surface area contributed by atoms with Gasteiger partial charge >= 0.3 is 0 Å². The minimum absolute atomic E-state index is 0.0787. The van der Waals surface area contributed by atoms with Crippen molar-refractivity contribution in [3.63, 3.8) is 0 Å². The van der Waals surface area contributed by atoms with E-state index in [2.05, 4.69) is 4.98 Å². The summed E-state index contributed by atoms with van der Waals surface area (Å²) >= 11 is 1.43. The van der Waals surface area contributed by atoms with Gasteiger partial charge < -0.3 is 0 Å². The molecule has 2 rings (SSSR count). The van der Waals surface area contributed by atoms with Crippen LogP contribution in [-0.2, 0) is 6.54 Å². The van der Waals surface area contributed by atoms with Crippen LogP contribution in [-0.4, -0.2) is 8.94 Å². The van der Waals surface area contributed by atoms with Crippen molar-refractivity contribution in [3.8, 4) is 0 Å². The van der Waals surface area contributed by atoms with Crippen LogP contribution in [0.2, 0.25) is 0 Å². The molecule has 0 aliphatic rings. The standard InChI is InChI=1S/C9H10N2OS/c1-3-11-9(12)7-5-4-6(2)10-8(7)13-11/h4-5H,3H2,1-2H3. The van der Waals surface area contributed by atoms with Crippen molar-refractivity contribution in [1.82, 2.24) is 8.94 Å². The zero-order valence-electron chi connectivity index (χ0n) is 7.57. The molecule has 0 N–H and O–H groups in total. The molecule has 13 heavy (non-hydrogen) atoms. The highest BCUT2D eigenvalue weighted by Gasteiger charge is 2.06. The Morgan fingerprint density at radius 3 is 3.00 bits per heavy atom. The van der Waals surface area contributed by atoms with Crippen LogP contribution < -0.4 is 5.56 Å². The normalized spacial score (nSPS) is 10.9. The van der Waals surface area contributed by atoms with Gasteiger partial charge in [0.15, 0.2) is 0 Å². The maximum Gasteiger partial charge on any atom is 0.270 e. The zero-order chi connectivity index (χ0) is 9.42. The molecule has 3 nitrogen and oxygen atoms in total. The Morgan fingerprint density at radius 1 is 1.54 bits per heavy atom. The minimum atomic E-state index is 0.0787. The summed E-state index contributed by atoms with van der Waals surface area (Å²) in [6, 6.07) is 3.72. The number of hydrogen-bond donors (Lipinski definition) is 0. The number of aromatic nitrogens is 2. The summed E-state index contributed by atoms with van der Waals surface area (Å²) in [5.41, 5.74) is 1.03. The molecule has 0 unspecified atom stereocenters. The van der Waals surface area contributed by atoms with E-state index < -0.39 is 0 Å². The first-order chi connectivity index (χ1) is 6.22. The van der Waals surface area contributed by atoms with E-state index in [-0.39, 0.29) is 5.56 Å². The summed E-state index contributed by atoms with van der Waals surface area (Å²) in [6.07, 6.45) is 0. The van der Waals surface area contributed by atoms with Crippen molar-refractivity contribution in [2.24, 2.45) is 0 Å². The Kier molecular flexibility index (Phi) is 1.92. The molecular weight excluding hydrogens is 184 g/mol. The van der Waals surface area contributed by atoms with Crippen LogP contribution in [0.25, 0.3) is 10.2 Å². The monoisotopic (exact) mass is 194 g/mol. The van der Waals surface area contributed by atoms with E-state index in [0.717, 1.165) is 22.5 Å². The van der Waals surface area contributed by atoms with Crippen LogP contribution in [0.3, 0.4) is 0 Å². The molecule has 0 fully saturated rings. The van der Waals surface area contributed by atoms with Crippen LogP contribution >= 0.6 is 11.5 Å². The van der Waals surface area contributed by atoms with Gasteiger partial charge in [0.2, 0.25) is 0 Å². The quantitative estimate of drug-likeness (QED) is 0.693. The number of fused-ring (bicyclic) bond motifs is 1. The second kappa shape index (κ2) is 2.96. The molecule has 0 radical (unpaired) electrons. The van der Waals surface area contributed by atoms with Gasteiger partial charge in [-0.05, 0) is 37.5 Å². The van der Waals surface area contributed by atoms with Gasteiger partial charge in [-0.2, -0.15) is 0 Å². The van der Waals surface area contributed by atoms with Gasteiger partial charge in [-0.15, -0.1) is 0 Å². The third kappa shape index (κ3) is 1.27. The second-order valence-electron chi connectivity index (χ2n) is 2.90. The third-order valence-electron chi connectivity index (χ3n) is 1.94. The number of pyridine rings is 1. The lowest BCUT2D eigenvalue weighted by atomic mass is 10.3. The molecule has 0 aliphatic carbocycles. The highest BCUT2D eigenvalue weighted by Crippen LogP contribution is 2.14. The first kappa shape index (κ1) is 8.44. The smallest absolute Gasteiger partial charge is 0.268 e. The van der Waals surface area contributed by atoms with Crippen molar-refractivity contribution in [2.75, 3.05) is 0 Å². The van der Waals surface area contributed by atoms with E-state index in [1.54, 1.807) is 3.96 Å². The third-order valence-corrected chi connectivity index (χ3v) is 3.07. The molecule has 2 aromatic heterocycles. The predicted octanol–water partition coefficient (Wildman–Crippen LogP) is 1.79. The molecule has 0 spiro atoms. The zero-order valence-corrected chi connectivity index (χ0v) is 8.39. The fourth-order valence-electron chi connectivity index (χ4n) is 1.25. The van der Waals surface area contributed by atoms with E-state index in [0.29, 0.717) is 0 Å². The van der Waals surface area contributed by atoms with Gasteiger partial charge in [0.1, 0.15) is 4.83 Å². The second-order valence-corrected chi connectivity index (χ2v) is 3.91. The molecule has 0 aromatic carbocycles. The van der Waals surface area contributed by atoms with Crippen LogP contribution in [0.1, 0.15) is 12.6 Å². The van der Waals surface area contributed by atoms with E-state index in [9.17, 15) is 4.79 Å². The number of nitrogens with zero attached hydrogens (tertiary/aromatic N) is 2. The lowest BCUT2D eigenvalue weighted by molar-refractivity contribution is 0.814. The molecule has 0 amide bonds. The highest BCUT2D eigenvalue weighted by molar-refractivity contribution is 7.13. The first-order valence-corrected chi connectivity index (χ1v) is 4.97. The van der Waals surface area contributed by atoms with Crippen molar-refractivity contribution in [1.29, 1.82) is 0 Å². The van der Waals surface area contributed by atoms with E-state index in [1.807, 2.05) is 26.0 Å². The fraction of sp³-hybridized carbons (Fsp3) is 0.333. The van der Waals surface area contributed by atoms with Crippen molar-refractivity contribution in [3.05, 3.63) is 28.2 Å². The molecule has 2 heterocycles. The SMILES string of the molecule is CCn1sc2nc(C)ccc2c1=O. The lowest BCUT2D eigenvalue weighted by Crippen LogP contribution is -2.10. The van der Waals surface area contributed by atoms with E-state index in [1.165, 1.54) is 11.5 Å². The fourth-order valence-corrected chi connectivity index (χ4v) is 2.21. The van der Waals surface area contributed by atoms with Crippen LogP contribution in [0, 0.1) is 6.92 Å². The Hall–Kier alpha value is -1.16. The summed E-state index contributed by atoms with van der Waals surface area (Å²) in [5, 5.41) is 0.734. The molecule has 4 heteroatoms. The van der Waals surface area contributed by atoms with E-state index >= 15 is 0 Å². The van der Waals surface area contributed by atoms with Gasteiger partial charge in [-0.1, -0.05) is 0 Å². The largest absolute Gasteiger partial charge is 0.270 e. The number of rotatable bonds is 1. The minimum Gasteiger partial charge on any atom is -0.268 e. The van der Waals surface area contributed by atoms with Crippen LogP contribution in [0.5, 0.6) is 0 Å². The van der Waals surface area contributed by atoms with Crippen molar-refractivity contribution < 1.29 is 0 Å². The van der Waals surface area contributed by atoms with Gasteiger partial charge in [-0.3, -0.25) is 8.75 Å². The van der Waals surface area contributed by atoms with Gasteiger partial charge in [-0.25, -0.2) is 4.98 Å². The topological polar surface area (TPSA) is 34.9 Å². The maximum absolute atomic E-state index is 11.6. The molecule has 0 saturated heterocycles. The maximum atomic E-state index is 11.6. The van der Waals surface area contributed by atoms with Crippen molar-refractivity contribution in [2.45, 2.75) is 20.4 Å².